The van der Waals surface area contributed by atoms with Crippen molar-refractivity contribution >= 4 is 29.1 Å². The Morgan fingerprint density at radius 1 is 1.26 bits per heavy atom. The minimum atomic E-state index is -0.153. The molecule has 1 aromatic heterocycles. The van der Waals surface area contributed by atoms with Crippen LogP contribution in [0.3, 0.4) is 0 Å². The smallest absolute Gasteiger partial charge is 0.269 e. The molecule has 3 nitrogen and oxygen atoms in total. The summed E-state index contributed by atoms with van der Waals surface area (Å²) < 4.78 is 0. The number of rotatable bonds is 3. The van der Waals surface area contributed by atoms with Crippen LogP contribution in [0.4, 0.5) is 0 Å². The monoisotopic (exact) mass is 302 g/mol. The van der Waals surface area contributed by atoms with Crippen LogP contribution < -0.4 is 5.32 Å². The first-order valence-corrected chi connectivity index (χ1v) is 7.63. The zero-order chi connectivity index (χ0) is 14.0. The molecule has 5 heteroatoms. The number of halogens is 2. The lowest BCUT2D eigenvalue weighted by Crippen LogP contribution is -2.37. The Morgan fingerprint density at radius 2 is 1.89 bits per heavy atom. The van der Waals surface area contributed by atoms with Crippen molar-refractivity contribution in [3.63, 3.8) is 0 Å². The molecule has 1 fully saturated rings. The molecule has 1 aliphatic rings. The van der Waals surface area contributed by atoms with E-state index in [4.69, 9.17) is 23.2 Å². The Morgan fingerprint density at radius 3 is 2.37 bits per heavy atom. The normalized spacial score (nSPS) is 23.4. The van der Waals surface area contributed by atoms with Gasteiger partial charge in [0.25, 0.3) is 5.91 Å². The summed E-state index contributed by atoms with van der Waals surface area (Å²) in [4.78, 5) is 15.1. The summed E-state index contributed by atoms with van der Waals surface area (Å²) in [5.74, 6) is 0.666. The van der Waals surface area contributed by atoms with Crippen LogP contribution in [-0.4, -0.2) is 16.9 Å². The molecule has 0 atom stereocenters. The predicted molar refractivity (Wildman–Crippen MR) is 79.1 cm³/mol. The molecule has 1 aromatic rings. The van der Waals surface area contributed by atoms with E-state index in [9.17, 15) is 4.79 Å². The highest BCUT2D eigenvalue weighted by molar-refractivity contribution is 6.44. The highest BCUT2D eigenvalue weighted by atomic mass is 35.5. The van der Waals surface area contributed by atoms with E-state index in [-0.39, 0.29) is 11.9 Å². The van der Waals surface area contributed by atoms with Gasteiger partial charge in [0, 0.05) is 11.7 Å². The number of aryl methyl sites for hydroxylation is 1. The molecule has 1 amide bonds. The SMILES string of the molecule is CCC1CCC(NC(=O)c2[nH]c(C)c(Cl)c2Cl)CC1. The zero-order valence-electron chi connectivity index (χ0n) is 11.4. The minimum Gasteiger partial charge on any atom is -0.352 e. The maximum atomic E-state index is 12.2. The fourth-order valence-electron chi connectivity index (χ4n) is 2.70. The van der Waals surface area contributed by atoms with Gasteiger partial charge in [-0.25, -0.2) is 0 Å². The van der Waals surface area contributed by atoms with Gasteiger partial charge in [-0.3, -0.25) is 4.79 Å². The number of hydrogen-bond acceptors (Lipinski definition) is 1. The van der Waals surface area contributed by atoms with Crippen LogP contribution >= 0.6 is 23.2 Å². The third-order valence-electron chi connectivity index (χ3n) is 4.04. The van der Waals surface area contributed by atoms with Gasteiger partial charge < -0.3 is 10.3 Å². The molecule has 0 saturated heterocycles. The molecule has 2 N–H and O–H groups in total. The van der Waals surface area contributed by atoms with Crippen molar-refractivity contribution in [1.82, 2.24) is 10.3 Å². The third kappa shape index (κ3) is 3.26. The fourth-order valence-corrected chi connectivity index (χ4v) is 3.12. The Hall–Kier alpha value is -0.670. The average molecular weight is 303 g/mol. The van der Waals surface area contributed by atoms with Crippen molar-refractivity contribution in [3.8, 4) is 0 Å². The first kappa shape index (κ1) is 14.7. The van der Waals surface area contributed by atoms with Crippen LogP contribution in [0.15, 0.2) is 0 Å². The van der Waals surface area contributed by atoms with Gasteiger partial charge in [0.05, 0.1) is 10.0 Å². The summed E-state index contributed by atoms with van der Waals surface area (Å²) >= 11 is 12.0. The number of carbonyl (C=O) groups is 1. The topological polar surface area (TPSA) is 44.9 Å². The van der Waals surface area contributed by atoms with Crippen molar-refractivity contribution in [1.29, 1.82) is 0 Å². The van der Waals surface area contributed by atoms with Gasteiger partial charge in [-0.15, -0.1) is 0 Å². The summed E-state index contributed by atoms with van der Waals surface area (Å²) in [6, 6.07) is 0.258. The molecule has 0 bridgehead atoms. The molecular weight excluding hydrogens is 283 g/mol. The fraction of sp³-hybridized carbons (Fsp3) is 0.643. The second kappa shape index (κ2) is 6.19. The molecule has 106 valence electrons. The first-order valence-electron chi connectivity index (χ1n) is 6.87. The quantitative estimate of drug-likeness (QED) is 0.857. The van der Waals surface area contributed by atoms with E-state index in [1.165, 1.54) is 19.3 Å². The Kier molecular flexibility index (Phi) is 4.80. The van der Waals surface area contributed by atoms with Gasteiger partial charge in [0.1, 0.15) is 5.69 Å². The van der Waals surface area contributed by atoms with Crippen molar-refractivity contribution in [2.24, 2.45) is 5.92 Å². The summed E-state index contributed by atoms with van der Waals surface area (Å²) in [5, 5.41) is 3.80. The predicted octanol–water partition coefficient (Wildman–Crippen LogP) is 4.33. The number of aromatic amines is 1. The molecule has 1 saturated carbocycles. The van der Waals surface area contributed by atoms with Gasteiger partial charge in [0.15, 0.2) is 0 Å². The van der Waals surface area contributed by atoms with E-state index >= 15 is 0 Å². The van der Waals surface area contributed by atoms with E-state index < -0.39 is 0 Å². The van der Waals surface area contributed by atoms with E-state index in [0.29, 0.717) is 15.7 Å². The lowest BCUT2D eigenvalue weighted by Gasteiger charge is -2.28. The highest BCUT2D eigenvalue weighted by Gasteiger charge is 2.24. The number of nitrogens with one attached hydrogen (secondary N) is 2. The van der Waals surface area contributed by atoms with E-state index in [1.54, 1.807) is 6.92 Å². The van der Waals surface area contributed by atoms with Crippen molar-refractivity contribution in [3.05, 3.63) is 21.4 Å². The molecular formula is C14H20Cl2N2O. The molecule has 1 heterocycles. The van der Waals surface area contributed by atoms with Crippen LogP contribution in [0.1, 0.15) is 55.2 Å². The van der Waals surface area contributed by atoms with Crippen molar-refractivity contribution in [2.75, 3.05) is 0 Å². The lowest BCUT2D eigenvalue weighted by atomic mass is 9.84. The molecule has 19 heavy (non-hydrogen) atoms. The largest absolute Gasteiger partial charge is 0.352 e. The van der Waals surface area contributed by atoms with E-state index in [2.05, 4.69) is 17.2 Å². The Balaban J connectivity index is 1.96. The summed E-state index contributed by atoms with van der Waals surface area (Å²) in [6.45, 7) is 4.03. The maximum absolute atomic E-state index is 12.2. The maximum Gasteiger partial charge on any atom is 0.269 e. The molecule has 0 radical (unpaired) electrons. The van der Waals surface area contributed by atoms with E-state index in [1.807, 2.05) is 0 Å². The summed E-state index contributed by atoms with van der Waals surface area (Å²) in [6.07, 6.45) is 5.72. The second-order valence-electron chi connectivity index (χ2n) is 5.35. The molecule has 0 spiro atoms. The zero-order valence-corrected chi connectivity index (χ0v) is 12.9. The van der Waals surface area contributed by atoms with Gasteiger partial charge >= 0.3 is 0 Å². The molecule has 0 aliphatic heterocycles. The van der Waals surface area contributed by atoms with Crippen LogP contribution in [0.2, 0.25) is 10.0 Å². The standard InChI is InChI=1S/C14H20Cl2N2O/c1-3-9-4-6-10(7-5-9)18-14(19)13-12(16)11(15)8(2)17-13/h9-10,17H,3-7H2,1-2H3,(H,18,19). The van der Waals surface area contributed by atoms with Gasteiger partial charge in [0.2, 0.25) is 0 Å². The molecule has 0 unspecified atom stereocenters. The number of hydrogen-bond donors (Lipinski definition) is 2. The molecule has 1 aliphatic carbocycles. The highest BCUT2D eigenvalue weighted by Crippen LogP contribution is 2.30. The number of H-pyrrole nitrogens is 1. The molecule has 0 aromatic carbocycles. The van der Waals surface area contributed by atoms with Crippen molar-refractivity contribution < 1.29 is 4.79 Å². The average Bonchev–Trinajstić information content (AvgIpc) is 2.67. The number of amides is 1. The Bertz CT molecular complexity index is 462. The first-order chi connectivity index (χ1) is 9.02. The van der Waals surface area contributed by atoms with Gasteiger partial charge in [-0.1, -0.05) is 36.5 Å². The minimum absolute atomic E-state index is 0.153. The van der Waals surface area contributed by atoms with Crippen molar-refractivity contribution in [2.45, 2.75) is 52.0 Å². The summed E-state index contributed by atoms with van der Waals surface area (Å²) in [7, 11) is 0. The molecule has 2 rings (SSSR count). The number of aromatic nitrogens is 1. The van der Waals surface area contributed by atoms with Crippen LogP contribution in [0.5, 0.6) is 0 Å². The number of carbonyl (C=O) groups excluding carboxylic acids is 1. The lowest BCUT2D eigenvalue weighted by molar-refractivity contribution is 0.0917. The van der Waals surface area contributed by atoms with E-state index in [0.717, 1.165) is 24.5 Å². The van der Waals surface area contributed by atoms with Crippen LogP contribution in [-0.2, 0) is 0 Å². The van der Waals surface area contributed by atoms with Gasteiger partial charge in [-0.05, 0) is 38.5 Å². The van der Waals surface area contributed by atoms with Crippen LogP contribution in [0, 0.1) is 12.8 Å². The summed E-state index contributed by atoms with van der Waals surface area (Å²) in [5.41, 5.74) is 1.10. The second-order valence-corrected chi connectivity index (χ2v) is 6.11. The Labute approximate surface area is 124 Å². The third-order valence-corrected chi connectivity index (χ3v) is 4.99. The van der Waals surface area contributed by atoms with Gasteiger partial charge in [-0.2, -0.15) is 0 Å². The van der Waals surface area contributed by atoms with Crippen LogP contribution in [0.25, 0.3) is 0 Å².